The number of likely N-dealkylation sites (tertiary alicyclic amines) is 1. The van der Waals surface area contributed by atoms with Crippen LogP contribution in [0.2, 0.25) is 0 Å². The van der Waals surface area contributed by atoms with Crippen LogP contribution in [-0.2, 0) is 0 Å². The molecule has 2 aliphatic rings. The summed E-state index contributed by atoms with van der Waals surface area (Å²) in [6.07, 6.45) is 7.96. The van der Waals surface area contributed by atoms with Crippen LogP contribution in [0.3, 0.4) is 0 Å². The number of ether oxygens (including phenoxy) is 1. The normalized spacial score (nSPS) is 19.1. The summed E-state index contributed by atoms with van der Waals surface area (Å²) in [4.78, 5) is 2.29. The van der Waals surface area contributed by atoms with Crippen molar-refractivity contribution in [1.82, 2.24) is 4.90 Å². The smallest absolute Gasteiger partial charge is 0.120 e. The SMILES string of the molecule is C=CC(=C)N1CCC(Oc2cccc(C3=C(C)CCC3)c2)CC1. The first-order chi connectivity index (χ1) is 11.2. The Morgan fingerprint density at radius 1 is 1.26 bits per heavy atom. The number of hydrogen-bond acceptors (Lipinski definition) is 2. The number of rotatable bonds is 5. The Kier molecular flexibility index (Phi) is 4.90. The van der Waals surface area contributed by atoms with Crippen molar-refractivity contribution >= 4 is 5.57 Å². The molecule has 2 heteroatoms. The van der Waals surface area contributed by atoms with Gasteiger partial charge >= 0.3 is 0 Å². The Morgan fingerprint density at radius 3 is 2.70 bits per heavy atom. The molecule has 1 saturated heterocycles. The molecule has 1 heterocycles. The van der Waals surface area contributed by atoms with Gasteiger partial charge in [-0.15, -0.1) is 0 Å². The third kappa shape index (κ3) is 3.69. The average molecular weight is 309 g/mol. The molecule has 0 aromatic heterocycles. The van der Waals surface area contributed by atoms with E-state index in [-0.39, 0.29) is 0 Å². The van der Waals surface area contributed by atoms with Crippen molar-refractivity contribution in [2.45, 2.75) is 45.1 Å². The summed E-state index contributed by atoms with van der Waals surface area (Å²) in [6.45, 7) is 12.1. The van der Waals surface area contributed by atoms with Crippen molar-refractivity contribution in [3.05, 3.63) is 60.3 Å². The predicted octanol–water partition coefficient (Wildman–Crippen LogP) is 5.19. The summed E-state index contributed by atoms with van der Waals surface area (Å²) >= 11 is 0. The van der Waals surface area contributed by atoms with Gasteiger partial charge in [-0.25, -0.2) is 0 Å². The molecule has 1 aliphatic heterocycles. The van der Waals surface area contributed by atoms with Crippen molar-refractivity contribution in [3.63, 3.8) is 0 Å². The first kappa shape index (κ1) is 15.9. The molecule has 0 unspecified atom stereocenters. The highest BCUT2D eigenvalue weighted by Crippen LogP contribution is 2.35. The van der Waals surface area contributed by atoms with E-state index in [1.165, 1.54) is 30.4 Å². The molecule has 0 spiro atoms. The van der Waals surface area contributed by atoms with Crippen LogP contribution in [0, 0.1) is 0 Å². The van der Waals surface area contributed by atoms with Gasteiger partial charge in [-0.05, 0) is 55.5 Å². The number of allylic oxidation sites excluding steroid dienone is 3. The van der Waals surface area contributed by atoms with E-state index in [0.717, 1.165) is 37.4 Å². The van der Waals surface area contributed by atoms with Crippen molar-refractivity contribution in [1.29, 1.82) is 0 Å². The third-order valence-electron chi connectivity index (χ3n) is 5.06. The van der Waals surface area contributed by atoms with E-state index >= 15 is 0 Å². The van der Waals surface area contributed by atoms with E-state index < -0.39 is 0 Å². The van der Waals surface area contributed by atoms with Gasteiger partial charge in [0.1, 0.15) is 11.9 Å². The van der Waals surface area contributed by atoms with Gasteiger partial charge in [-0.3, -0.25) is 0 Å². The van der Waals surface area contributed by atoms with E-state index in [1.54, 1.807) is 5.57 Å². The Hall–Kier alpha value is -1.96. The average Bonchev–Trinajstić information content (AvgIpc) is 3.01. The molecule has 3 rings (SSSR count). The molecule has 0 N–H and O–H groups in total. The second kappa shape index (κ2) is 7.08. The quantitative estimate of drug-likeness (QED) is 0.694. The fraction of sp³-hybridized carbons (Fsp3) is 0.429. The van der Waals surface area contributed by atoms with Gasteiger partial charge in [0.2, 0.25) is 0 Å². The number of benzene rings is 1. The summed E-state index contributed by atoms with van der Waals surface area (Å²) in [5.41, 5.74) is 5.43. The first-order valence-corrected chi connectivity index (χ1v) is 8.69. The van der Waals surface area contributed by atoms with Crippen LogP contribution in [0.1, 0.15) is 44.6 Å². The molecule has 23 heavy (non-hydrogen) atoms. The molecule has 1 aromatic rings. The molecule has 0 amide bonds. The van der Waals surface area contributed by atoms with Crippen LogP contribution >= 0.6 is 0 Å². The fourth-order valence-electron chi connectivity index (χ4n) is 3.62. The van der Waals surface area contributed by atoms with Crippen LogP contribution in [0.4, 0.5) is 0 Å². The minimum absolute atomic E-state index is 0.303. The zero-order chi connectivity index (χ0) is 16.2. The van der Waals surface area contributed by atoms with Gasteiger partial charge in [0.25, 0.3) is 0 Å². The lowest BCUT2D eigenvalue weighted by Gasteiger charge is -2.34. The molecule has 1 aliphatic carbocycles. The molecule has 1 aromatic carbocycles. The van der Waals surface area contributed by atoms with Crippen molar-refractivity contribution in [3.8, 4) is 5.75 Å². The summed E-state index contributed by atoms with van der Waals surface area (Å²) in [5.74, 6) is 1.01. The summed E-state index contributed by atoms with van der Waals surface area (Å²) < 4.78 is 6.25. The highest BCUT2D eigenvalue weighted by Gasteiger charge is 2.21. The van der Waals surface area contributed by atoms with Crippen molar-refractivity contribution < 1.29 is 4.74 Å². The molecule has 0 radical (unpaired) electrons. The Labute approximate surface area is 140 Å². The van der Waals surface area contributed by atoms with Gasteiger partial charge in [-0.2, -0.15) is 0 Å². The maximum absolute atomic E-state index is 6.25. The lowest BCUT2D eigenvalue weighted by Crippen LogP contribution is -2.37. The van der Waals surface area contributed by atoms with E-state index in [9.17, 15) is 0 Å². The molecule has 0 bridgehead atoms. The molecule has 0 saturated carbocycles. The molecule has 2 nitrogen and oxygen atoms in total. The number of nitrogens with zero attached hydrogens (tertiary/aromatic N) is 1. The van der Waals surface area contributed by atoms with Crippen LogP contribution in [0.5, 0.6) is 5.75 Å². The fourth-order valence-corrected chi connectivity index (χ4v) is 3.62. The van der Waals surface area contributed by atoms with Crippen LogP contribution < -0.4 is 4.74 Å². The molecular formula is C21H27NO. The summed E-state index contributed by atoms with van der Waals surface area (Å²) in [6, 6.07) is 8.65. The Balaban J connectivity index is 1.62. The largest absolute Gasteiger partial charge is 0.490 e. The Morgan fingerprint density at radius 2 is 2.04 bits per heavy atom. The van der Waals surface area contributed by atoms with Gasteiger partial charge in [0, 0.05) is 31.6 Å². The van der Waals surface area contributed by atoms with E-state index in [0.29, 0.717) is 6.10 Å². The summed E-state index contributed by atoms with van der Waals surface area (Å²) in [5, 5.41) is 0. The maximum Gasteiger partial charge on any atom is 0.120 e. The highest BCUT2D eigenvalue weighted by atomic mass is 16.5. The minimum Gasteiger partial charge on any atom is -0.490 e. The monoisotopic (exact) mass is 309 g/mol. The first-order valence-electron chi connectivity index (χ1n) is 8.69. The zero-order valence-electron chi connectivity index (χ0n) is 14.2. The predicted molar refractivity (Wildman–Crippen MR) is 97.4 cm³/mol. The number of hydrogen-bond donors (Lipinski definition) is 0. The Bertz CT molecular complexity index is 620. The third-order valence-corrected chi connectivity index (χ3v) is 5.06. The molecule has 0 atom stereocenters. The molecule has 1 fully saturated rings. The standard InChI is InChI=1S/C21H27NO/c1-4-17(3)22-13-11-19(12-14-22)23-20-9-6-8-18(15-20)21-10-5-7-16(21)2/h4,6,8-9,15,19H,1,3,5,7,10-14H2,2H3. The van der Waals surface area contributed by atoms with Crippen molar-refractivity contribution in [2.75, 3.05) is 13.1 Å². The van der Waals surface area contributed by atoms with Crippen LogP contribution in [0.25, 0.3) is 5.57 Å². The van der Waals surface area contributed by atoms with Gasteiger partial charge in [0.15, 0.2) is 0 Å². The lowest BCUT2D eigenvalue weighted by atomic mass is 10.0. The van der Waals surface area contributed by atoms with Gasteiger partial charge in [-0.1, -0.05) is 30.9 Å². The zero-order valence-corrected chi connectivity index (χ0v) is 14.2. The van der Waals surface area contributed by atoms with E-state index in [1.807, 2.05) is 6.08 Å². The van der Waals surface area contributed by atoms with Crippen LogP contribution in [-0.4, -0.2) is 24.1 Å². The number of piperidine rings is 1. The van der Waals surface area contributed by atoms with Gasteiger partial charge in [0.05, 0.1) is 0 Å². The highest BCUT2D eigenvalue weighted by molar-refractivity contribution is 5.71. The van der Waals surface area contributed by atoms with E-state index in [2.05, 4.69) is 49.2 Å². The molecular weight excluding hydrogens is 282 g/mol. The lowest BCUT2D eigenvalue weighted by molar-refractivity contribution is 0.119. The second-order valence-corrected chi connectivity index (χ2v) is 6.64. The van der Waals surface area contributed by atoms with Crippen molar-refractivity contribution in [2.24, 2.45) is 0 Å². The maximum atomic E-state index is 6.25. The van der Waals surface area contributed by atoms with E-state index in [4.69, 9.17) is 4.74 Å². The van der Waals surface area contributed by atoms with Gasteiger partial charge < -0.3 is 9.64 Å². The topological polar surface area (TPSA) is 12.5 Å². The second-order valence-electron chi connectivity index (χ2n) is 6.64. The van der Waals surface area contributed by atoms with Crippen LogP contribution in [0.15, 0.2) is 54.8 Å². The minimum atomic E-state index is 0.303. The molecule has 122 valence electrons. The summed E-state index contributed by atoms with van der Waals surface area (Å²) in [7, 11) is 0.